The molecule has 37 heavy (non-hydrogen) atoms. The van der Waals surface area contributed by atoms with Crippen molar-refractivity contribution in [1.82, 2.24) is 9.88 Å². The van der Waals surface area contributed by atoms with Crippen LogP contribution in [0.3, 0.4) is 0 Å². The second-order valence-electron chi connectivity index (χ2n) is 9.17. The first kappa shape index (κ1) is 24.5. The molecule has 1 aromatic heterocycles. The summed E-state index contributed by atoms with van der Waals surface area (Å²) in [5.74, 6) is -0.215. The number of rotatable bonds is 6. The van der Waals surface area contributed by atoms with Crippen LogP contribution in [0.2, 0.25) is 5.02 Å². The van der Waals surface area contributed by atoms with Crippen LogP contribution >= 0.6 is 11.6 Å². The predicted molar refractivity (Wildman–Crippen MR) is 151 cm³/mol. The fourth-order valence-corrected chi connectivity index (χ4v) is 4.51. The van der Waals surface area contributed by atoms with E-state index in [4.69, 9.17) is 11.6 Å². The zero-order valence-corrected chi connectivity index (χ0v) is 21.5. The molecule has 2 heterocycles. The molecule has 5 rings (SSSR count). The minimum Gasteiger partial charge on any atom is -0.354 e. The van der Waals surface area contributed by atoms with Crippen LogP contribution in [-0.2, 0) is 9.59 Å². The summed E-state index contributed by atoms with van der Waals surface area (Å²) in [4.78, 5) is 33.5. The fraction of sp³-hybridized carbons (Fsp3) is 0.138. The van der Waals surface area contributed by atoms with Crippen molar-refractivity contribution in [3.63, 3.8) is 0 Å². The van der Waals surface area contributed by atoms with Crippen molar-refractivity contribution in [3.05, 3.63) is 95.1 Å². The van der Waals surface area contributed by atoms with Crippen LogP contribution in [0.4, 0.5) is 17.1 Å². The highest BCUT2D eigenvalue weighted by atomic mass is 35.5. The summed E-state index contributed by atoms with van der Waals surface area (Å²) in [6.45, 7) is 0.322. The van der Waals surface area contributed by atoms with Gasteiger partial charge in [0.25, 0.3) is 5.91 Å². The van der Waals surface area contributed by atoms with Gasteiger partial charge in [0.2, 0.25) is 5.91 Å². The number of carbonyl (C=O) groups excluding carboxylic acids is 2. The molecule has 0 saturated heterocycles. The number of aromatic nitrogens is 1. The number of carbonyl (C=O) groups is 2. The lowest BCUT2D eigenvalue weighted by Crippen LogP contribution is -2.34. The Morgan fingerprint density at radius 2 is 1.78 bits per heavy atom. The van der Waals surface area contributed by atoms with Gasteiger partial charge in [-0.25, -0.2) is 0 Å². The van der Waals surface area contributed by atoms with Crippen molar-refractivity contribution in [2.45, 2.75) is 0 Å². The summed E-state index contributed by atoms with van der Waals surface area (Å²) in [5.41, 5.74) is 5.90. The first-order valence-electron chi connectivity index (χ1n) is 11.8. The average molecular weight is 512 g/mol. The second-order valence-corrected chi connectivity index (χ2v) is 9.60. The number of halogens is 1. The Morgan fingerprint density at radius 1 is 1.00 bits per heavy atom. The summed E-state index contributed by atoms with van der Waals surface area (Å²) < 4.78 is 0. The maximum Gasteiger partial charge on any atom is 0.258 e. The van der Waals surface area contributed by atoms with E-state index in [1.54, 1.807) is 30.3 Å². The summed E-state index contributed by atoms with van der Waals surface area (Å²) in [6, 6.07) is 22.7. The summed E-state index contributed by atoms with van der Waals surface area (Å²) in [6.07, 6.45) is 1.76. The Balaban J connectivity index is 1.56. The van der Waals surface area contributed by atoms with Gasteiger partial charge >= 0.3 is 0 Å². The molecule has 0 bridgehead atoms. The van der Waals surface area contributed by atoms with Gasteiger partial charge in [-0.2, -0.15) is 0 Å². The highest BCUT2D eigenvalue weighted by Crippen LogP contribution is 2.39. The third kappa shape index (κ3) is 5.05. The summed E-state index contributed by atoms with van der Waals surface area (Å²) >= 11 is 6.18. The summed E-state index contributed by atoms with van der Waals surface area (Å²) in [5, 5.41) is 7.92. The number of hydrogen-bond donors (Lipinski definition) is 2. The van der Waals surface area contributed by atoms with Crippen LogP contribution < -0.4 is 15.5 Å². The Labute approximate surface area is 220 Å². The number of hydrogen-bond acceptors (Lipinski definition) is 5. The number of pyridine rings is 1. The monoisotopic (exact) mass is 511 g/mol. The van der Waals surface area contributed by atoms with Crippen molar-refractivity contribution in [1.29, 1.82) is 0 Å². The molecule has 0 saturated carbocycles. The highest BCUT2D eigenvalue weighted by molar-refractivity contribution is 6.38. The Kier molecular flexibility index (Phi) is 6.65. The molecule has 7 nitrogen and oxygen atoms in total. The Hall–Kier alpha value is -4.20. The van der Waals surface area contributed by atoms with E-state index in [-0.39, 0.29) is 11.8 Å². The highest BCUT2D eigenvalue weighted by Gasteiger charge is 2.29. The van der Waals surface area contributed by atoms with Crippen LogP contribution in [0.1, 0.15) is 11.1 Å². The van der Waals surface area contributed by atoms with E-state index in [1.807, 2.05) is 79.7 Å². The minimum atomic E-state index is -0.211. The van der Waals surface area contributed by atoms with Gasteiger partial charge in [-0.05, 0) is 74.3 Å². The molecule has 0 atom stereocenters. The molecule has 0 unspecified atom stereocenters. The molecular formula is C29H26ClN5O2. The molecule has 2 N–H and O–H groups in total. The van der Waals surface area contributed by atoms with Gasteiger partial charge in [-0.1, -0.05) is 29.8 Å². The smallest absolute Gasteiger partial charge is 0.258 e. The lowest BCUT2D eigenvalue weighted by molar-refractivity contribution is -0.119. The molecule has 2 amide bonds. The third-order valence-electron chi connectivity index (χ3n) is 6.22. The maximum absolute atomic E-state index is 13.2. The molecule has 0 spiro atoms. The van der Waals surface area contributed by atoms with Crippen molar-refractivity contribution in [3.8, 4) is 0 Å². The van der Waals surface area contributed by atoms with E-state index >= 15 is 0 Å². The van der Waals surface area contributed by atoms with Crippen molar-refractivity contribution in [2.75, 3.05) is 43.2 Å². The van der Waals surface area contributed by atoms with Crippen LogP contribution in [0.25, 0.3) is 22.2 Å². The Bertz CT molecular complexity index is 1550. The van der Waals surface area contributed by atoms with E-state index in [1.165, 1.54) is 0 Å². The number of anilines is 3. The van der Waals surface area contributed by atoms with Crippen molar-refractivity contribution in [2.24, 2.45) is 0 Å². The molecule has 3 aromatic carbocycles. The molecule has 8 heteroatoms. The van der Waals surface area contributed by atoms with E-state index in [2.05, 4.69) is 15.6 Å². The van der Waals surface area contributed by atoms with Crippen LogP contribution in [0, 0.1) is 0 Å². The molecule has 1 aliphatic rings. The largest absolute Gasteiger partial charge is 0.354 e. The molecule has 186 valence electrons. The molecule has 0 radical (unpaired) electrons. The standard InChI is InChI=1S/C29H26ClN5O2/c1-34(2)17-26(36)35(3)22-10-8-21(9-11-22)32-28(19-6-13-24-18(15-19)5-4-14-31-24)27-23-12-7-20(30)16-25(23)33-29(27)37/h4-16,32H,17H2,1-3H3,(H,33,37)/b28-27-. The molecule has 0 aliphatic carbocycles. The van der Waals surface area contributed by atoms with E-state index in [0.717, 1.165) is 33.4 Å². The van der Waals surface area contributed by atoms with Crippen LogP contribution in [-0.4, -0.2) is 49.4 Å². The van der Waals surface area contributed by atoms with Gasteiger partial charge in [0, 0.05) is 40.6 Å². The van der Waals surface area contributed by atoms with E-state index in [0.29, 0.717) is 28.5 Å². The van der Waals surface area contributed by atoms with Crippen LogP contribution in [0.15, 0.2) is 79.0 Å². The number of likely N-dealkylation sites (N-methyl/N-ethyl adjacent to an activating group) is 2. The van der Waals surface area contributed by atoms with E-state index < -0.39 is 0 Å². The van der Waals surface area contributed by atoms with E-state index in [9.17, 15) is 9.59 Å². The van der Waals surface area contributed by atoms with Gasteiger partial charge in [0.15, 0.2) is 0 Å². The SMILES string of the molecule is CN(C)CC(=O)N(C)c1ccc(N/C(=C2\C(=O)Nc3cc(Cl)ccc32)c2ccc3ncccc3c2)cc1. The summed E-state index contributed by atoms with van der Waals surface area (Å²) in [7, 11) is 5.49. The number of amides is 2. The third-order valence-corrected chi connectivity index (χ3v) is 6.45. The lowest BCUT2D eigenvalue weighted by Gasteiger charge is -2.20. The average Bonchev–Trinajstić information content (AvgIpc) is 3.21. The number of benzene rings is 3. The number of nitrogens with zero attached hydrogens (tertiary/aromatic N) is 3. The van der Waals surface area contributed by atoms with Crippen molar-refractivity contribution < 1.29 is 9.59 Å². The van der Waals surface area contributed by atoms with Gasteiger partial charge < -0.3 is 20.4 Å². The molecule has 1 aliphatic heterocycles. The van der Waals surface area contributed by atoms with Gasteiger partial charge in [0.1, 0.15) is 0 Å². The van der Waals surface area contributed by atoms with Gasteiger partial charge in [-0.3, -0.25) is 14.6 Å². The molecular weight excluding hydrogens is 486 g/mol. The zero-order chi connectivity index (χ0) is 26.1. The second kappa shape index (κ2) is 10.0. The fourth-order valence-electron chi connectivity index (χ4n) is 4.34. The molecule has 0 fully saturated rings. The minimum absolute atomic E-state index is 0.00353. The topological polar surface area (TPSA) is 77.6 Å². The maximum atomic E-state index is 13.2. The predicted octanol–water partition coefficient (Wildman–Crippen LogP) is 5.35. The van der Waals surface area contributed by atoms with Crippen LogP contribution in [0.5, 0.6) is 0 Å². The zero-order valence-electron chi connectivity index (χ0n) is 20.7. The Morgan fingerprint density at radius 3 is 2.54 bits per heavy atom. The first-order valence-corrected chi connectivity index (χ1v) is 12.2. The van der Waals surface area contributed by atoms with Gasteiger partial charge in [0.05, 0.1) is 29.0 Å². The number of nitrogens with one attached hydrogen (secondary N) is 2. The van der Waals surface area contributed by atoms with Crippen molar-refractivity contribution >= 4 is 62.7 Å². The quantitative estimate of drug-likeness (QED) is 0.341. The van der Waals surface area contributed by atoms with Gasteiger partial charge in [-0.15, -0.1) is 0 Å². The normalized spacial score (nSPS) is 13.9. The molecule has 4 aromatic rings. The lowest BCUT2D eigenvalue weighted by atomic mass is 9.99. The number of fused-ring (bicyclic) bond motifs is 2. The first-order chi connectivity index (χ1) is 17.8.